The SMILES string of the molecule is O=C(c1ccccc1F)N(Cc1ccc(F)cc1)C[C@@H]1CCCO1. The molecule has 0 aliphatic carbocycles. The molecule has 1 aliphatic rings. The topological polar surface area (TPSA) is 29.5 Å². The Morgan fingerprint density at radius 1 is 1.12 bits per heavy atom. The minimum atomic E-state index is -0.543. The third-order valence-corrected chi connectivity index (χ3v) is 4.13. The molecule has 0 saturated carbocycles. The van der Waals surface area contributed by atoms with Gasteiger partial charge in [-0.05, 0) is 42.7 Å². The number of halogens is 2. The van der Waals surface area contributed by atoms with Crippen LogP contribution in [-0.4, -0.2) is 30.1 Å². The molecular formula is C19H19F2NO2. The highest BCUT2D eigenvalue weighted by Gasteiger charge is 2.25. The predicted molar refractivity (Wildman–Crippen MR) is 86.5 cm³/mol. The van der Waals surface area contributed by atoms with Crippen molar-refractivity contribution < 1.29 is 18.3 Å². The normalized spacial score (nSPS) is 17.0. The number of carbonyl (C=O) groups excluding carboxylic acids is 1. The second-order valence-corrected chi connectivity index (χ2v) is 5.93. The van der Waals surface area contributed by atoms with Gasteiger partial charge in [0.05, 0.1) is 11.7 Å². The largest absolute Gasteiger partial charge is 0.376 e. The van der Waals surface area contributed by atoms with Crippen LogP contribution in [0.3, 0.4) is 0 Å². The van der Waals surface area contributed by atoms with E-state index in [0.29, 0.717) is 13.2 Å². The minimum absolute atomic E-state index is 0.0395. The third-order valence-electron chi connectivity index (χ3n) is 4.13. The Labute approximate surface area is 139 Å². The van der Waals surface area contributed by atoms with Crippen LogP contribution in [0.4, 0.5) is 8.78 Å². The summed E-state index contributed by atoms with van der Waals surface area (Å²) in [5.74, 6) is -1.25. The summed E-state index contributed by atoms with van der Waals surface area (Å²) >= 11 is 0. The molecular weight excluding hydrogens is 312 g/mol. The van der Waals surface area contributed by atoms with Gasteiger partial charge in [-0.1, -0.05) is 24.3 Å². The van der Waals surface area contributed by atoms with Crippen LogP contribution in [0.15, 0.2) is 48.5 Å². The van der Waals surface area contributed by atoms with Gasteiger partial charge in [0.2, 0.25) is 0 Å². The number of hydrogen-bond acceptors (Lipinski definition) is 2. The highest BCUT2D eigenvalue weighted by molar-refractivity contribution is 5.94. The lowest BCUT2D eigenvalue weighted by atomic mass is 10.1. The van der Waals surface area contributed by atoms with E-state index >= 15 is 0 Å². The first-order valence-electron chi connectivity index (χ1n) is 8.03. The minimum Gasteiger partial charge on any atom is -0.376 e. The fourth-order valence-corrected chi connectivity index (χ4v) is 2.87. The lowest BCUT2D eigenvalue weighted by molar-refractivity contribution is 0.0503. The Balaban J connectivity index is 1.81. The summed E-state index contributed by atoms with van der Waals surface area (Å²) in [6.07, 6.45) is 1.80. The fourth-order valence-electron chi connectivity index (χ4n) is 2.87. The lowest BCUT2D eigenvalue weighted by Crippen LogP contribution is -2.37. The van der Waals surface area contributed by atoms with E-state index < -0.39 is 5.82 Å². The zero-order valence-corrected chi connectivity index (χ0v) is 13.3. The van der Waals surface area contributed by atoms with E-state index in [0.717, 1.165) is 18.4 Å². The Morgan fingerprint density at radius 2 is 1.88 bits per heavy atom. The first-order valence-corrected chi connectivity index (χ1v) is 8.03. The number of rotatable bonds is 5. The summed E-state index contributed by atoms with van der Waals surface area (Å²) < 4.78 is 32.7. The third kappa shape index (κ3) is 3.97. The molecule has 1 amide bonds. The van der Waals surface area contributed by atoms with Crippen molar-refractivity contribution in [2.24, 2.45) is 0 Å². The predicted octanol–water partition coefficient (Wildman–Crippen LogP) is 3.79. The summed E-state index contributed by atoms with van der Waals surface area (Å²) in [7, 11) is 0. The maximum Gasteiger partial charge on any atom is 0.257 e. The summed E-state index contributed by atoms with van der Waals surface area (Å²) in [4.78, 5) is 14.4. The molecule has 3 nitrogen and oxygen atoms in total. The van der Waals surface area contributed by atoms with Crippen LogP contribution < -0.4 is 0 Å². The lowest BCUT2D eigenvalue weighted by Gasteiger charge is -2.26. The molecule has 2 aromatic carbocycles. The molecule has 2 aromatic rings. The average molecular weight is 331 g/mol. The van der Waals surface area contributed by atoms with E-state index in [1.165, 1.54) is 24.3 Å². The van der Waals surface area contributed by atoms with Gasteiger partial charge in [0, 0.05) is 19.7 Å². The van der Waals surface area contributed by atoms with Crippen LogP contribution >= 0.6 is 0 Å². The molecule has 126 valence electrons. The fraction of sp³-hybridized carbons (Fsp3) is 0.316. The number of nitrogens with zero attached hydrogens (tertiary/aromatic N) is 1. The van der Waals surface area contributed by atoms with Gasteiger partial charge < -0.3 is 9.64 Å². The monoisotopic (exact) mass is 331 g/mol. The molecule has 1 atom stereocenters. The summed E-state index contributed by atoms with van der Waals surface area (Å²) in [5.41, 5.74) is 0.830. The maximum absolute atomic E-state index is 14.0. The highest BCUT2D eigenvalue weighted by atomic mass is 19.1. The maximum atomic E-state index is 14.0. The standard InChI is InChI=1S/C19H19F2NO2/c20-15-9-7-14(8-10-15)12-22(13-16-4-3-11-24-16)19(23)17-5-1-2-6-18(17)21/h1-2,5-10,16H,3-4,11-13H2/t16-/m0/s1. The number of ether oxygens (including phenoxy) is 1. The van der Waals surface area contributed by atoms with Crippen LogP contribution in [-0.2, 0) is 11.3 Å². The summed E-state index contributed by atoms with van der Waals surface area (Å²) in [6, 6.07) is 11.9. The van der Waals surface area contributed by atoms with Crippen LogP contribution in [0.5, 0.6) is 0 Å². The van der Waals surface area contributed by atoms with E-state index in [2.05, 4.69) is 0 Å². The molecule has 0 N–H and O–H groups in total. The van der Waals surface area contributed by atoms with Crippen LogP contribution in [0.25, 0.3) is 0 Å². The summed E-state index contributed by atoms with van der Waals surface area (Å²) in [6.45, 7) is 1.36. The number of benzene rings is 2. The smallest absolute Gasteiger partial charge is 0.257 e. The Hall–Kier alpha value is -2.27. The van der Waals surface area contributed by atoms with E-state index in [4.69, 9.17) is 4.74 Å². The van der Waals surface area contributed by atoms with Gasteiger partial charge in [-0.25, -0.2) is 8.78 Å². The molecule has 0 spiro atoms. The molecule has 0 radical (unpaired) electrons. The molecule has 24 heavy (non-hydrogen) atoms. The Kier molecular flexibility index (Phi) is 5.20. The van der Waals surface area contributed by atoms with Crippen LogP contribution in [0.2, 0.25) is 0 Å². The van der Waals surface area contributed by atoms with E-state index in [-0.39, 0.29) is 29.9 Å². The van der Waals surface area contributed by atoms with Crippen LogP contribution in [0.1, 0.15) is 28.8 Å². The first kappa shape index (κ1) is 16.6. The number of carbonyl (C=O) groups is 1. The molecule has 1 heterocycles. The second kappa shape index (κ2) is 7.53. The van der Waals surface area contributed by atoms with Crippen molar-refractivity contribution in [3.8, 4) is 0 Å². The molecule has 1 aliphatic heterocycles. The molecule has 5 heteroatoms. The van der Waals surface area contributed by atoms with Crippen molar-refractivity contribution in [2.75, 3.05) is 13.2 Å². The van der Waals surface area contributed by atoms with Crippen molar-refractivity contribution >= 4 is 5.91 Å². The van der Waals surface area contributed by atoms with Gasteiger partial charge in [-0.2, -0.15) is 0 Å². The van der Waals surface area contributed by atoms with Crippen molar-refractivity contribution in [1.29, 1.82) is 0 Å². The van der Waals surface area contributed by atoms with Crippen molar-refractivity contribution in [3.63, 3.8) is 0 Å². The van der Waals surface area contributed by atoms with Gasteiger partial charge in [0.25, 0.3) is 5.91 Å². The molecule has 3 rings (SSSR count). The molecule has 0 bridgehead atoms. The Bertz CT molecular complexity index is 697. The molecule has 0 aromatic heterocycles. The van der Waals surface area contributed by atoms with Crippen molar-refractivity contribution in [1.82, 2.24) is 4.90 Å². The van der Waals surface area contributed by atoms with Gasteiger partial charge in [-0.3, -0.25) is 4.79 Å². The van der Waals surface area contributed by atoms with E-state index in [1.807, 2.05) is 0 Å². The molecule has 1 fully saturated rings. The zero-order valence-electron chi connectivity index (χ0n) is 13.3. The zero-order chi connectivity index (χ0) is 16.9. The quantitative estimate of drug-likeness (QED) is 0.834. The molecule has 0 unspecified atom stereocenters. The van der Waals surface area contributed by atoms with E-state index in [1.54, 1.807) is 29.2 Å². The van der Waals surface area contributed by atoms with Crippen molar-refractivity contribution in [2.45, 2.75) is 25.5 Å². The molecule has 1 saturated heterocycles. The average Bonchev–Trinajstić information content (AvgIpc) is 3.09. The van der Waals surface area contributed by atoms with E-state index in [9.17, 15) is 13.6 Å². The summed E-state index contributed by atoms with van der Waals surface area (Å²) in [5, 5.41) is 0. The second-order valence-electron chi connectivity index (χ2n) is 5.93. The van der Waals surface area contributed by atoms with Gasteiger partial charge in [0.1, 0.15) is 11.6 Å². The van der Waals surface area contributed by atoms with Crippen LogP contribution in [0, 0.1) is 11.6 Å². The first-order chi connectivity index (χ1) is 11.6. The number of amides is 1. The highest BCUT2D eigenvalue weighted by Crippen LogP contribution is 2.18. The van der Waals surface area contributed by atoms with Gasteiger partial charge in [-0.15, -0.1) is 0 Å². The van der Waals surface area contributed by atoms with Gasteiger partial charge >= 0.3 is 0 Å². The van der Waals surface area contributed by atoms with Gasteiger partial charge in [0.15, 0.2) is 0 Å². The van der Waals surface area contributed by atoms with Crippen molar-refractivity contribution in [3.05, 3.63) is 71.3 Å². The number of hydrogen-bond donors (Lipinski definition) is 0. The Morgan fingerprint density at radius 3 is 2.54 bits per heavy atom.